The number of nitrogens with two attached hydrogens (primary N) is 1. The molecular formula is C8H8Cl2N2O2. The van der Waals surface area contributed by atoms with E-state index < -0.39 is 12.0 Å². The van der Waals surface area contributed by atoms with Crippen LogP contribution in [0.3, 0.4) is 0 Å². The van der Waals surface area contributed by atoms with Crippen molar-refractivity contribution in [3.8, 4) is 0 Å². The Morgan fingerprint density at radius 2 is 2.29 bits per heavy atom. The van der Waals surface area contributed by atoms with Crippen LogP contribution in [0.25, 0.3) is 0 Å². The lowest BCUT2D eigenvalue weighted by Crippen LogP contribution is -2.15. The first-order valence-corrected chi connectivity index (χ1v) is 4.54. The quantitative estimate of drug-likeness (QED) is 0.784. The van der Waals surface area contributed by atoms with Crippen molar-refractivity contribution in [1.82, 2.24) is 4.98 Å². The molecule has 1 aromatic rings. The predicted octanol–water partition coefficient (Wildman–Crippen LogP) is 1.86. The maximum absolute atomic E-state index is 10.4. The van der Waals surface area contributed by atoms with Crippen LogP contribution in [0.1, 0.15) is 18.0 Å². The molecule has 0 aliphatic carbocycles. The lowest BCUT2D eigenvalue weighted by molar-refractivity contribution is -0.137. The van der Waals surface area contributed by atoms with Crippen molar-refractivity contribution in [2.45, 2.75) is 12.5 Å². The van der Waals surface area contributed by atoms with E-state index in [-0.39, 0.29) is 11.6 Å². The fourth-order valence-electron chi connectivity index (χ4n) is 0.989. The average Bonchev–Trinajstić information content (AvgIpc) is 2.01. The third-order valence-corrected chi connectivity index (χ3v) is 2.18. The van der Waals surface area contributed by atoms with Crippen LogP contribution in [-0.4, -0.2) is 16.1 Å². The van der Waals surface area contributed by atoms with Crippen LogP contribution in [0.5, 0.6) is 0 Å². The Bertz CT molecular complexity index is 357. The van der Waals surface area contributed by atoms with Crippen LogP contribution in [0.2, 0.25) is 10.2 Å². The number of hydrogen-bond donors (Lipinski definition) is 2. The fraction of sp³-hybridized carbons (Fsp3) is 0.250. The molecule has 1 heterocycles. The third-order valence-electron chi connectivity index (χ3n) is 1.64. The van der Waals surface area contributed by atoms with E-state index in [1.807, 2.05) is 0 Å². The van der Waals surface area contributed by atoms with E-state index in [0.29, 0.717) is 10.6 Å². The normalized spacial score (nSPS) is 12.5. The summed E-state index contributed by atoms with van der Waals surface area (Å²) in [6, 6.07) is 0.768. The molecule has 1 atom stereocenters. The molecule has 1 rings (SSSR count). The van der Waals surface area contributed by atoms with Gasteiger partial charge in [-0.1, -0.05) is 23.2 Å². The van der Waals surface area contributed by atoms with E-state index >= 15 is 0 Å². The zero-order valence-corrected chi connectivity index (χ0v) is 8.59. The van der Waals surface area contributed by atoms with Gasteiger partial charge in [-0.25, -0.2) is 4.98 Å². The van der Waals surface area contributed by atoms with Gasteiger partial charge in [0.2, 0.25) is 0 Å². The van der Waals surface area contributed by atoms with Gasteiger partial charge in [0.05, 0.1) is 6.42 Å². The molecule has 0 bridgehead atoms. The van der Waals surface area contributed by atoms with Crippen LogP contribution in [0.15, 0.2) is 12.3 Å². The average molecular weight is 235 g/mol. The highest BCUT2D eigenvalue weighted by atomic mass is 35.5. The van der Waals surface area contributed by atoms with Crippen molar-refractivity contribution in [3.63, 3.8) is 0 Å². The summed E-state index contributed by atoms with van der Waals surface area (Å²) in [7, 11) is 0. The lowest BCUT2D eigenvalue weighted by atomic mass is 10.1. The summed E-state index contributed by atoms with van der Waals surface area (Å²) in [6.07, 6.45) is 1.20. The minimum atomic E-state index is -0.983. The van der Waals surface area contributed by atoms with E-state index in [4.69, 9.17) is 34.0 Å². The molecule has 0 aliphatic heterocycles. The third kappa shape index (κ3) is 2.83. The van der Waals surface area contributed by atoms with Crippen LogP contribution in [0, 0.1) is 0 Å². The van der Waals surface area contributed by atoms with Crippen molar-refractivity contribution >= 4 is 29.2 Å². The van der Waals surface area contributed by atoms with E-state index in [2.05, 4.69) is 4.98 Å². The standard InChI is InChI=1S/C8H8Cl2N2O2/c9-5-1-7(10)12-3-4(5)6(11)2-8(13)14/h1,3,6H,2,11H2,(H,13,14)/t6-/m1/s1. The van der Waals surface area contributed by atoms with Crippen molar-refractivity contribution in [2.75, 3.05) is 0 Å². The van der Waals surface area contributed by atoms with Crippen molar-refractivity contribution in [1.29, 1.82) is 0 Å². The first kappa shape index (κ1) is 11.2. The minimum Gasteiger partial charge on any atom is -0.481 e. The van der Waals surface area contributed by atoms with Gasteiger partial charge in [0.1, 0.15) is 5.15 Å². The Morgan fingerprint density at radius 1 is 1.64 bits per heavy atom. The van der Waals surface area contributed by atoms with Gasteiger partial charge in [-0.2, -0.15) is 0 Å². The summed E-state index contributed by atoms with van der Waals surface area (Å²) < 4.78 is 0. The lowest BCUT2D eigenvalue weighted by Gasteiger charge is -2.10. The number of carboxylic acid groups (broad SMARTS) is 1. The fourth-order valence-corrected chi connectivity index (χ4v) is 1.50. The Balaban J connectivity index is 2.90. The molecular weight excluding hydrogens is 227 g/mol. The number of carboxylic acids is 1. The van der Waals surface area contributed by atoms with Gasteiger partial charge < -0.3 is 10.8 Å². The number of halogens is 2. The van der Waals surface area contributed by atoms with Gasteiger partial charge in [0.15, 0.2) is 0 Å². The first-order valence-electron chi connectivity index (χ1n) is 3.79. The Labute approximate surface area is 90.6 Å². The number of hydrogen-bond acceptors (Lipinski definition) is 3. The molecule has 0 amide bonds. The molecule has 4 nitrogen and oxygen atoms in total. The van der Waals surface area contributed by atoms with E-state index in [1.54, 1.807) is 0 Å². The minimum absolute atomic E-state index is 0.191. The van der Waals surface area contributed by atoms with Crippen molar-refractivity contribution in [2.24, 2.45) is 5.73 Å². The second-order valence-electron chi connectivity index (χ2n) is 2.73. The Morgan fingerprint density at radius 3 is 2.79 bits per heavy atom. The summed E-state index contributed by atoms with van der Waals surface area (Å²) >= 11 is 11.4. The molecule has 0 saturated carbocycles. The number of aliphatic carboxylic acids is 1. The molecule has 0 spiro atoms. The molecule has 0 saturated heterocycles. The zero-order valence-electron chi connectivity index (χ0n) is 7.08. The van der Waals surface area contributed by atoms with E-state index in [1.165, 1.54) is 12.3 Å². The van der Waals surface area contributed by atoms with Crippen molar-refractivity contribution in [3.05, 3.63) is 28.0 Å². The van der Waals surface area contributed by atoms with E-state index in [9.17, 15) is 4.79 Å². The molecule has 0 aromatic carbocycles. The second kappa shape index (κ2) is 4.59. The van der Waals surface area contributed by atoms with Crippen molar-refractivity contribution < 1.29 is 9.90 Å². The molecule has 0 radical (unpaired) electrons. The molecule has 6 heteroatoms. The number of pyridine rings is 1. The molecule has 14 heavy (non-hydrogen) atoms. The van der Waals surface area contributed by atoms with Crippen LogP contribution >= 0.6 is 23.2 Å². The number of rotatable bonds is 3. The van der Waals surface area contributed by atoms with Crippen LogP contribution in [0.4, 0.5) is 0 Å². The van der Waals surface area contributed by atoms with Gasteiger partial charge in [0.25, 0.3) is 0 Å². The number of carbonyl (C=O) groups is 1. The second-order valence-corrected chi connectivity index (χ2v) is 3.53. The molecule has 76 valence electrons. The molecule has 0 unspecified atom stereocenters. The van der Waals surface area contributed by atoms with Gasteiger partial charge in [-0.05, 0) is 6.07 Å². The summed E-state index contributed by atoms with van der Waals surface area (Å²) in [5.41, 5.74) is 6.08. The molecule has 3 N–H and O–H groups in total. The maximum Gasteiger partial charge on any atom is 0.305 e. The highest BCUT2D eigenvalue weighted by Gasteiger charge is 2.14. The van der Waals surface area contributed by atoms with Gasteiger partial charge in [-0.3, -0.25) is 4.79 Å². The first-order chi connectivity index (χ1) is 6.50. The summed E-state index contributed by atoms with van der Waals surface area (Å²) in [5.74, 6) is -0.983. The van der Waals surface area contributed by atoms with Gasteiger partial charge >= 0.3 is 5.97 Å². The number of aromatic nitrogens is 1. The zero-order chi connectivity index (χ0) is 10.7. The van der Waals surface area contributed by atoms with Gasteiger partial charge in [-0.15, -0.1) is 0 Å². The molecule has 0 aliphatic rings. The molecule has 0 fully saturated rings. The highest BCUT2D eigenvalue weighted by molar-refractivity contribution is 6.34. The topological polar surface area (TPSA) is 76.2 Å². The smallest absolute Gasteiger partial charge is 0.305 e. The van der Waals surface area contributed by atoms with Crippen LogP contribution < -0.4 is 5.73 Å². The Kier molecular flexibility index (Phi) is 3.69. The monoisotopic (exact) mass is 234 g/mol. The number of nitrogens with zero attached hydrogens (tertiary/aromatic N) is 1. The largest absolute Gasteiger partial charge is 0.481 e. The predicted molar refractivity (Wildman–Crippen MR) is 53.4 cm³/mol. The summed E-state index contributed by atoms with van der Waals surface area (Å²) in [6.45, 7) is 0. The molecule has 1 aromatic heterocycles. The summed E-state index contributed by atoms with van der Waals surface area (Å²) in [5, 5.41) is 9.10. The summed E-state index contributed by atoms with van der Waals surface area (Å²) in [4.78, 5) is 14.2. The van der Waals surface area contributed by atoms with Gasteiger partial charge in [0, 0.05) is 22.8 Å². The maximum atomic E-state index is 10.4. The SMILES string of the molecule is N[C@H](CC(=O)O)c1cnc(Cl)cc1Cl. The Hall–Kier alpha value is -0.840. The van der Waals surface area contributed by atoms with E-state index in [0.717, 1.165) is 0 Å². The highest BCUT2D eigenvalue weighted by Crippen LogP contribution is 2.24. The van der Waals surface area contributed by atoms with Crippen LogP contribution in [-0.2, 0) is 4.79 Å².